The molecular weight excluding hydrogens is 132 g/mol. The fraction of sp³-hybridized carbons (Fsp3) is 1.00. The van der Waals surface area contributed by atoms with E-state index in [0.29, 0.717) is 0 Å². The highest BCUT2D eigenvalue weighted by Crippen LogP contribution is 2.10. The number of nitrogens with one attached hydrogen (secondary N) is 1. The molecule has 58 valence electrons. The van der Waals surface area contributed by atoms with Crippen LogP contribution in [-0.4, -0.2) is 37.7 Å². The normalized spacial score (nSPS) is 35.4. The molecule has 2 aliphatic rings. The molecule has 4 heteroatoms. The summed E-state index contributed by atoms with van der Waals surface area (Å²) in [7, 11) is 0. The van der Waals surface area contributed by atoms with Crippen molar-refractivity contribution >= 4 is 0 Å². The molecule has 0 bridgehead atoms. The summed E-state index contributed by atoms with van der Waals surface area (Å²) < 4.78 is 5.33. The van der Waals surface area contributed by atoms with Crippen molar-refractivity contribution in [2.75, 3.05) is 26.3 Å². The molecule has 0 saturated carbocycles. The summed E-state index contributed by atoms with van der Waals surface area (Å²) in [5.41, 5.74) is 0. The van der Waals surface area contributed by atoms with Crippen molar-refractivity contribution in [3.8, 4) is 0 Å². The predicted octanol–water partition coefficient (Wildman–Crippen LogP) is -0.473. The first-order chi connectivity index (χ1) is 4.97. The molecule has 0 aromatic rings. The van der Waals surface area contributed by atoms with Gasteiger partial charge >= 0.3 is 0 Å². The first-order valence-corrected chi connectivity index (χ1v) is 3.71. The molecule has 1 N–H and O–H groups in total. The number of rotatable bonds is 1. The molecule has 0 aromatic carbocycles. The summed E-state index contributed by atoms with van der Waals surface area (Å²) in [4.78, 5) is 5.28. The van der Waals surface area contributed by atoms with Crippen LogP contribution >= 0.6 is 0 Å². The van der Waals surface area contributed by atoms with Crippen LogP contribution < -0.4 is 5.32 Å². The Morgan fingerprint density at radius 3 is 3.00 bits per heavy atom. The standard InChI is InChI=1S/C6H12N2O2/c1-3-8(10-4-1)6-7-2-5-9-6/h6-7H,1-5H2. The second kappa shape index (κ2) is 2.84. The lowest BCUT2D eigenvalue weighted by atomic mass is 10.5. The van der Waals surface area contributed by atoms with Gasteiger partial charge in [-0.2, -0.15) is 0 Å². The van der Waals surface area contributed by atoms with Gasteiger partial charge in [-0.25, -0.2) is 0 Å². The molecule has 2 aliphatic heterocycles. The van der Waals surface area contributed by atoms with Crippen LogP contribution in [0.25, 0.3) is 0 Å². The average molecular weight is 144 g/mol. The van der Waals surface area contributed by atoms with Gasteiger partial charge < -0.3 is 4.74 Å². The summed E-state index contributed by atoms with van der Waals surface area (Å²) >= 11 is 0. The van der Waals surface area contributed by atoms with Gasteiger partial charge in [0.2, 0.25) is 0 Å². The maximum absolute atomic E-state index is 5.33. The average Bonchev–Trinajstić information content (AvgIpc) is 2.59. The molecule has 4 nitrogen and oxygen atoms in total. The topological polar surface area (TPSA) is 33.7 Å². The van der Waals surface area contributed by atoms with Gasteiger partial charge in [0.1, 0.15) is 0 Å². The minimum atomic E-state index is 0.0162. The molecule has 1 atom stereocenters. The van der Waals surface area contributed by atoms with Gasteiger partial charge in [-0.3, -0.25) is 10.2 Å². The molecule has 0 aromatic heterocycles. The van der Waals surface area contributed by atoms with Crippen molar-refractivity contribution in [1.29, 1.82) is 0 Å². The van der Waals surface area contributed by atoms with Gasteiger partial charge in [-0.15, -0.1) is 5.06 Å². The first-order valence-electron chi connectivity index (χ1n) is 3.71. The van der Waals surface area contributed by atoms with Crippen molar-refractivity contribution in [3.63, 3.8) is 0 Å². The van der Waals surface area contributed by atoms with E-state index in [1.807, 2.05) is 5.06 Å². The monoisotopic (exact) mass is 144 g/mol. The lowest BCUT2D eigenvalue weighted by Crippen LogP contribution is -2.40. The lowest BCUT2D eigenvalue weighted by Gasteiger charge is -2.20. The molecule has 0 radical (unpaired) electrons. The van der Waals surface area contributed by atoms with Crippen LogP contribution in [0.1, 0.15) is 6.42 Å². The van der Waals surface area contributed by atoms with E-state index < -0.39 is 0 Å². The van der Waals surface area contributed by atoms with Gasteiger partial charge in [0.25, 0.3) is 0 Å². The van der Waals surface area contributed by atoms with E-state index in [4.69, 9.17) is 9.57 Å². The van der Waals surface area contributed by atoms with Gasteiger partial charge in [0.15, 0.2) is 6.35 Å². The summed E-state index contributed by atoms with van der Waals surface area (Å²) in [6.07, 6.45) is 1.13. The molecule has 2 heterocycles. The maximum atomic E-state index is 5.33. The van der Waals surface area contributed by atoms with E-state index in [-0.39, 0.29) is 6.35 Å². The molecule has 0 spiro atoms. The minimum Gasteiger partial charge on any atom is -0.346 e. The summed E-state index contributed by atoms with van der Waals surface area (Å²) in [5, 5.41) is 5.05. The number of ether oxygens (including phenoxy) is 1. The largest absolute Gasteiger partial charge is 0.346 e. The van der Waals surface area contributed by atoms with Gasteiger partial charge in [-0.1, -0.05) is 0 Å². The zero-order valence-corrected chi connectivity index (χ0v) is 5.88. The van der Waals surface area contributed by atoms with E-state index >= 15 is 0 Å². The maximum Gasteiger partial charge on any atom is 0.188 e. The molecule has 0 aliphatic carbocycles. The number of nitrogens with zero attached hydrogens (tertiary/aromatic N) is 1. The fourth-order valence-corrected chi connectivity index (χ4v) is 1.25. The highest BCUT2D eigenvalue weighted by Gasteiger charge is 2.25. The number of hydroxylamine groups is 2. The predicted molar refractivity (Wildman–Crippen MR) is 35.0 cm³/mol. The molecular formula is C6H12N2O2. The Bertz CT molecular complexity index is 94.3. The number of hydrogen-bond acceptors (Lipinski definition) is 4. The van der Waals surface area contributed by atoms with E-state index in [9.17, 15) is 0 Å². The third-order valence-electron chi connectivity index (χ3n) is 1.74. The van der Waals surface area contributed by atoms with Crippen molar-refractivity contribution < 1.29 is 9.57 Å². The zero-order valence-electron chi connectivity index (χ0n) is 5.88. The van der Waals surface area contributed by atoms with Crippen LogP contribution in [0.5, 0.6) is 0 Å². The van der Waals surface area contributed by atoms with Gasteiger partial charge in [0, 0.05) is 13.1 Å². The van der Waals surface area contributed by atoms with Crippen molar-refractivity contribution in [2.45, 2.75) is 12.8 Å². The second-order valence-electron chi connectivity index (χ2n) is 2.50. The van der Waals surface area contributed by atoms with Crippen LogP contribution in [-0.2, 0) is 9.57 Å². The molecule has 2 rings (SSSR count). The van der Waals surface area contributed by atoms with Crippen LogP contribution in [0.3, 0.4) is 0 Å². The summed E-state index contributed by atoms with van der Waals surface area (Å²) in [5.74, 6) is 0. The van der Waals surface area contributed by atoms with Crippen molar-refractivity contribution in [2.24, 2.45) is 0 Å². The Hall–Kier alpha value is -0.160. The van der Waals surface area contributed by atoms with E-state index in [1.54, 1.807) is 0 Å². The van der Waals surface area contributed by atoms with Crippen LogP contribution in [0.4, 0.5) is 0 Å². The highest BCUT2D eigenvalue weighted by molar-refractivity contribution is 4.63. The smallest absolute Gasteiger partial charge is 0.188 e. The lowest BCUT2D eigenvalue weighted by molar-refractivity contribution is -0.212. The van der Waals surface area contributed by atoms with Crippen LogP contribution in [0.2, 0.25) is 0 Å². The highest BCUT2D eigenvalue weighted by atomic mass is 16.7. The molecule has 1 unspecified atom stereocenters. The van der Waals surface area contributed by atoms with Crippen molar-refractivity contribution in [1.82, 2.24) is 10.4 Å². The summed E-state index contributed by atoms with van der Waals surface area (Å²) in [6.45, 7) is 3.55. The minimum absolute atomic E-state index is 0.0162. The SMILES string of the molecule is C1CON(C2NCCO2)C1. The van der Waals surface area contributed by atoms with E-state index in [1.165, 1.54) is 0 Å². The molecule has 2 saturated heterocycles. The Morgan fingerprint density at radius 2 is 2.40 bits per heavy atom. The summed E-state index contributed by atoms with van der Waals surface area (Å²) in [6, 6.07) is 0. The Labute approximate surface area is 60.0 Å². The van der Waals surface area contributed by atoms with Crippen molar-refractivity contribution in [3.05, 3.63) is 0 Å². The molecule has 2 fully saturated rings. The zero-order chi connectivity index (χ0) is 6.81. The first kappa shape index (κ1) is 6.54. The van der Waals surface area contributed by atoms with Gasteiger partial charge in [-0.05, 0) is 6.42 Å². The molecule has 10 heavy (non-hydrogen) atoms. The second-order valence-corrected chi connectivity index (χ2v) is 2.50. The fourth-order valence-electron chi connectivity index (χ4n) is 1.25. The Balaban J connectivity index is 1.85. The third-order valence-corrected chi connectivity index (χ3v) is 1.74. The Kier molecular flexibility index (Phi) is 1.86. The van der Waals surface area contributed by atoms with E-state index in [0.717, 1.165) is 32.7 Å². The van der Waals surface area contributed by atoms with Crippen LogP contribution in [0.15, 0.2) is 0 Å². The van der Waals surface area contributed by atoms with Crippen LogP contribution in [0, 0.1) is 0 Å². The molecule has 0 amide bonds. The Morgan fingerprint density at radius 1 is 1.40 bits per heavy atom. The third kappa shape index (κ3) is 1.15. The number of hydrogen-bond donors (Lipinski definition) is 1. The van der Waals surface area contributed by atoms with E-state index in [2.05, 4.69) is 5.32 Å². The van der Waals surface area contributed by atoms with Gasteiger partial charge in [0.05, 0.1) is 13.2 Å². The quantitative estimate of drug-likeness (QED) is 0.539.